The molecule has 0 aliphatic rings. The molecule has 0 radical (unpaired) electrons. The second kappa shape index (κ2) is 8.83. The van der Waals surface area contributed by atoms with Gasteiger partial charge in [-0.05, 0) is 13.8 Å². The molecular formula is C12H18N2O6. The van der Waals surface area contributed by atoms with Gasteiger partial charge in [0.2, 0.25) is 11.8 Å². The van der Waals surface area contributed by atoms with Crippen LogP contribution in [-0.4, -0.2) is 42.6 Å². The number of carbonyl (C=O) groups excluding carboxylic acids is 3. The van der Waals surface area contributed by atoms with Gasteiger partial charge in [0.25, 0.3) is 6.29 Å². The summed E-state index contributed by atoms with van der Waals surface area (Å²) in [5.41, 5.74) is 0.508. The van der Waals surface area contributed by atoms with E-state index in [2.05, 4.69) is 33.3 Å². The fourth-order valence-corrected chi connectivity index (χ4v) is 0.800. The van der Waals surface area contributed by atoms with E-state index in [4.69, 9.17) is 0 Å². The maximum atomic E-state index is 11.2. The Labute approximate surface area is 116 Å². The van der Waals surface area contributed by atoms with Crippen molar-refractivity contribution in [3.8, 4) is 0 Å². The first-order valence-electron chi connectivity index (χ1n) is 5.59. The third-order valence-corrected chi connectivity index (χ3v) is 1.90. The van der Waals surface area contributed by atoms with Crippen molar-refractivity contribution >= 4 is 17.8 Å². The molecule has 20 heavy (non-hydrogen) atoms. The fourth-order valence-electron chi connectivity index (χ4n) is 0.800. The number of hydrogen-bond donors (Lipinski definition) is 3. The molecule has 0 bridgehead atoms. The molecule has 0 fully saturated rings. The van der Waals surface area contributed by atoms with E-state index in [1.807, 2.05) is 0 Å². The van der Waals surface area contributed by atoms with Crippen LogP contribution < -0.4 is 10.6 Å². The molecule has 0 aliphatic carbocycles. The summed E-state index contributed by atoms with van der Waals surface area (Å²) in [5.74, 6) is -2.06. The van der Waals surface area contributed by atoms with Crippen molar-refractivity contribution in [2.75, 3.05) is 13.5 Å². The topological polar surface area (TPSA) is 114 Å². The van der Waals surface area contributed by atoms with E-state index in [1.54, 1.807) is 0 Å². The maximum Gasteiger partial charge on any atom is 0.365 e. The molecule has 0 aromatic heterocycles. The van der Waals surface area contributed by atoms with Gasteiger partial charge in [0.15, 0.2) is 6.73 Å². The summed E-state index contributed by atoms with van der Waals surface area (Å²) in [7, 11) is 0. The van der Waals surface area contributed by atoms with Gasteiger partial charge in [-0.2, -0.15) is 0 Å². The second-order valence-corrected chi connectivity index (χ2v) is 3.84. The molecular weight excluding hydrogens is 268 g/mol. The highest BCUT2D eigenvalue weighted by molar-refractivity contribution is 5.92. The van der Waals surface area contributed by atoms with Crippen LogP contribution in [0.25, 0.3) is 0 Å². The molecule has 8 nitrogen and oxygen atoms in total. The minimum absolute atomic E-state index is 0.250. The van der Waals surface area contributed by atoms with Gasteiger partial charge in [-0.1, -0.05) is 13.2 Å². The Balaban J connectivity index is 3.87. The van der Waals surface area contributed by atoms with Crippen LogP contribution in [0, 0.1) is 0 Å². The highest BCUT2D eigenvalue weighted by Gasteiger charge is 2.17. The molecule has 0 saturated heterocycles. The first kappa shape index (κ1) is 17.8. The van der Waals surface area contributed by atoms with Crippen LogP contribution in [0.4, 0.5) is 0 Å². The van der Waals surface area contributed by atoms with Crippen molar-refractivity contribution in [1.29, 1.82) is 0 Å². The first-order chi connectivity index (χ1) is 9.25. The minimum atomic E-state index is -1.87. The van der Waals surface area contributed by atoms with E-state index in [-0.39, 0.29) is 17.9 Å². The van der Waals surface area contributed by atoms with Crippen LogP contribution in [0.5, 0.6) is 0 Å². The third-order valence-electron chi connectivity index (χ3n) is 1.90. The molecule has 0 heterocycles. The van der Waals surface area contributed by atoms with Gasteiger partial charge >= 0.3 is 5.97 Å². The summed E-state index contributed by atoms with van der Waals surface area (Å²) >= 11 is 0. The molecule has 0 aliphatic heterocycles. The summed E-state index contributed by atoms with van der Waals surface area (Å²) in [6.07, 6.45) is -1.87. The average Bonchev–Trinajstić information content (AvgIpc) is 2.37. The summed E-state index contributed by atoms with van der Waals surface area (Å²) < 4.78 is 9.12. The number of aliphatic hydroxyl groups excluding tert-OH is 1. The number of ether oxygens (including phenoxy) is 2. The number of amides is 2. The number of aliphatic hydroxyl groups is 1. The normalized spacial score (nSPS) is 11.2. The van der Waals surface area contributed by atoms with Crippen molar-refractivity contribution in [2.24, 2.45) is 0 Å². The zero-order chi connectivity index (χ0) is 15.7. The lowest BCUT2D eigenvalue weighted by atomic mass is 10.3. The number of rotatable bonds is 8. The van der Waals surface area contributed by atoms with Crippen LogP contribution in [0.3, 0.4) is 0 Å². The van der Waals surface area contributed by atoms with Crippen LogP contribution in [0.2, 0.25) is 0 Å². The minimum Gasteiger partial charge on any atom is -0.441 e. The molecule has 1 unspecified atom stereocenters. The van der Waals surface area contributed by atoms with Gasteiger partial charge in [-0.3, -0.25) is 9.59 Å². The second-order valence-electron chi connectivity index (χ2n) is 3.84. The largest absolute Gasteiger partial charge is 0.441 e. The summed E-state index contributed by atoms with van der Waals surface area (Å²) in [6, 6.07) is 0. The molecule has 2 amide bonds. The van der Waals surface area contributed by atoms with Gasteiger partial charge < -0.3 is 25.2 Å². The van der Waals surface area contributed by atoms with Gasteiger partial charge in [-0.15, -0.1) is 0 Å². The van der Waals surface area contributed by atoms with Crippen LogP contribution in [0.1, 0.15) is 13.8 Å². The molecule has 1 atom stereocenters. The van der Waals surface area contributed by atoms with E-state index in [1.165, 1.54) is 13.8 Å². The Hall–Kier alpha value is -2.19. The Morgan fingerprint density at radius 2 is 1.50 bits per heavy atom. The van der Waals surface area contributed by atoms with Crippen molar-refractivity contribution < 1.29 is 29.0 Å². The zero-order valence-corrected chi connectivity index (χ0v) is 11.4. The van der Waals surface area contributed by atoms with E-state index in [0.29, 0.717) is 0 Å². The smallest absolute Gasteiger partial charge is 0.365 e. The van der Waals surface area contributed by atoms with Crippen molar-refractivity contribution in [3.63, 3.8) is 0 Å². The van der Waals surface area contributed by atoms with E-state index in [9.17, 15) is 19.5 Å². The Morgan fingerprint density at radius 3 is 1.95 bits per heavy atom. The molecule has 0 aromatic carbocycles. The summed E-state index contributed by atoms with van der Waals surface area (Å²) in [4.78, 5) is 33.3. The SMILES string of the molecule is C=C(C)C(=O)NCOC(=O)C(O)OCNC(=O)C(=C)C. The molecule has 3 N–H and O–H groups in total. The lowest BCUT2D eigenvalue weighted by Gasteiger charge is -2.12. The number of nitrogens with one attached hydrogen (secondary N) is 2. The molecule has 0 spiro atoms. The quantitative estimate of drug-likeness (QED) is 0.305. The van der Waals surface area contributed by atoms with Gasteiger partial charge in [0.05, 0.1) is 0 Å². The highest BCUT2D eigenvalue weighted by atomic mass is 16.7. The summed E-state index contributed by atoms with van der Waals surface area (Å²) in [6.45, 7) is 8.93. The highest BCUT2D eigenvalue weighted by Crippen LogP contribution is 1.92. The average molecular weight is 286 g/mol. The molecule has 112 valence electrons. The maximum absolute atomic E-state index is 11.2. The zero-order valence-electron chi connectivity index (χ0n) is 11.4. The molecule has 0 rings (SSSR count). The molecule has 8 heteroatoms. The van der Waals surface area contributed by atoms with Gasteiger partial charge in [0.1, 0.15) is 6.73 Å². The van der Waals surface area contributed by atoms with Crippen molar-refractivity contribution in [2.45, 2.75) is 20.1 Å². The van der Waals surface area contributed by atoms with Gasteiger partial charge in [0, 0.05) is 11.1 Å². The standard InChI is InChI=1S/C12H18N2O6/c1-7(2)9(15)13-5-19-11(17)12(18)20-6-14-10(16)8(3)4/h11,17H,1,3,5-6H2,2,4H3,(H,13,15)(H,14,16). The monoisotopic (exact) mass is 286 g/mol. The van der Waals surface area contributed by atoms with Gasteiger partial charge in [-0.25, -0.2) is 4.79 Å². The summed E-state index contributed by atoms with van der Waals surface area (Å²) in [5, 5.41) is 13.7. The lowest BCUT2D eigenvalue weighted by Crippen LogP contribution is -2.36. The molecule has 0 aromatic rings. The van der Waals surface area contributed by atoms with Crippen LogP contribution in [-0.2, 0) is 23.9 Å². The molecule has 0 saturated carbocycles. The Bertz CT molecular complexity index is 418. The number of hydrogen-bond acceptors (Lipinski definition) is 6. The fraction of sp³-hybridized carbons (Fsp3) is 0.417. The van der Waals surface area contributed by atoms with E-state index < -0.39 is 30.8 Å². The van der Waals surface area contributed by atoms with Crippen LogP contribution in [0.15, 0.2) is 24.3 Å². The van der Waals surface area contributed by atoms with Crippen molar-refractivity contribution in [3.05, 3.63) is 24.3 Å². The van der Waals surface area contributed by atoms with E-state index >= 15 is 0 Å². The lowest BCUT2D eigenvalue weighted by molar-refractivity contribution is -0.185. The third kappa shape index (κ3) is 7.29. The predicted molar refractivity (Wildman–Crippen MR) is 68.8 cm³/mol. The van der Waals surface area contributed by atoms with E-state index in [0.717, 1.165) is 0 Å². The number of carbonyl (C=O) groups is 3. The Kier molecular flexibility index (Phi) is 7.87. The Morgan fingerprint density at radius 1 is 1.05 bits per heavy atom. The first-order valence-corrected chi connectivity index (χ1v) is 5.59. The predicted octanol–water partition coefficient (Wildman–Crippen LogP) is -0.836. The van der Waals surface area contributed by atoms with Crippen molar-refractivity contribution in [1.82, 2.24) is 10.6 Å². The van der Waals surface area contributed by atoms with Crippen LogP contribution >= 0.6 is 0 Å². The number of esters is 1.